The number of fused-ring (bicyclic) bond motifs is 1. The molecule has 1 aromatic heterocycles. The van der Waals surface area contributed by atoms with Crippen LogP contribution in [0.2, 0.25) is 0 Å². The Morgan fingerprint density at radius 1 is 1.14 bits per heavy atom. The number of nitrogens with zero attached hydrogens (tertiary/aromatic N) is 1. The molecule has 0 spiro atoms. The third-order valence-corrected chi connectivity index (χ3v) is 4.14. The minimum absolute atomic E-state index is 0.0583. The van der Waals surface area contributed by atoms with Gasteiger partial charge in [-0.1, -0.05) is 47.7 Å². The Balaban J connectivity index is 2.06. The highest BCUT2D eigenvalue weighted by atomic mass is 32.1. The van der Waals surface area contributed by atoms with Gasteiger partial charge in [0, 0.05) is 11.9 Å². The van der Waals surface area contributed by atoms with Crippen LogP contribution in [0.5, 0.6) is 0 Å². The second-order valence-electron chi connectivity index (χ2n) is 4.74. The number of thiazole rings is 1. The average Bonchev–Trinajstić information content (AvgIpc) is 2.85. The molecule has 0 aliphatic carbocycles. The number of carboxylic acid groups (broad SMARTS) is 1. The summed E-state index contributed by atoms with van der Waals surface area (Å²) in [6, 6.07) is 14.0. The predicted octanol–water partition coefficient (Wildman–Crippen LogP) is 3.20. The maximum absolute atomic E-state index is 11.9. The molecule has 3 rings (SSSR count). The summed E-state index contributed by atoms with van der Waals surface area (Å²) >= 11 is 1.10. The van der Waals surface area contributed by atoms with Crippen LogP contribution in [0, 0.1) is 0 Å². The van der Waals surface area contributed by atoms with E-state index in [-0.39, 0.29) is 17.8 Å². The fraction of sp³-hybridized carbons (Fsp3) is 0.125. The molecule has 2 aromatic carbocycles. The Morgan fingerprint density at radius 2 is 1.90 bits per heavy atom. The molecular formula is C16H13NO3S. The SMILES string of the molecule is O=C(O)CCn1c(-c2ccc3ccccc3c2)csc1=O. The van der Waals surface area contributed by atoms with E-state index in [4.69, 9.17) is 5.11 Å². The molecule has 0 amide bonds. The Morgan fingerprint density at radius 3 is 2.67 bits per heavy atom. The third-order valence-electron chi connectivity index (χ3n) is 3.38. The van der Waals surface area contributed by atoms with Crippen LogP contribution in [0.1, 0.15) is 6.42 Å². The van der Waals surface area contributed by atoms with Gasteiger partial charge >= 0.3 is 10.8 Å². The molecule has 0 fully saturated rings. The maximum atomic E-state index is 11.9. The summed E-state index contributed by atoms with van der Waals surface area (Å²) in [4.78, 5) is 22.5. The zero-order valence-corrected chi connectivity index (χ0v) is 12.0. The lowest BCUT2D eigenvalue weighted by Crippen LogP contribution is -2.16. The molecule has 0 aliphatic rings. The molecule has 1 N–H and O–H groups in total. The highest BCUT2D eigenvalue weighted by molar-refractivity contribution is 7.07. The van der Waals surface area contributed by atoms with Gasteiger partial charge in [-0.25, -0.2) is 0 Å². The van der Waals surface area contributed by atoms with E-state index in [1.807, 2.05) is 42.5 Å². The van der Waals surface area contributed by atoms with Crippen molar-refractivity contribution in [2.45, 2.75) is 13.0 Å². The van der Waals surface area contributed by atoms with Crippen molar-refractivity contribution in [1.82, 2.24) is 4.57 Å². The van der Waals surface area contributed by atoms with Crippen LogP contribution in [-0.2, 0) is 11.3 Å². The summed E-state index contributed by atoms with van der Waals surface area (Å²) < 4.78 is 1.53. The van der Waals surface area contributed by atoms with Crippen LogP contribution < -0.4 is 4.87 Å². The fourth-order valence-electron chi connectivity index (χ4n) is 2.32. The largest absolute Gasteiger partial charge is 0.481 e. The van der Waals surface area contributed by atoms with Gasteiger partial charge in [-0.3, -0.25) is 14.2 Å². The van der Waals surface area contributed by atoms with E-state index in [2.05, 4.69) is 0 Å². The minimum atomic E-state index is -0.905. The van der Waals surface area contributed by atoms with Gasteiger partial charge in [0.15, 0.2) is 0 Å². The van der Waals surface area contributed by atoms with Crippen molar-refractivity contribution >= 4 is 28.1 Å². The molecule has 3 aromatic rings. The first-order valence-electron chi connectivity index (χ1n) is 6.54. The molecule has 106 valence electrons. The molecule has 0 saturated carbocycles. The van der Waals surface area contributed by atoms with Crippen molar-refractivity contribution < 1.29 is 9.90 Å². The molecule has 4 nitrogen and oxygen atoms in total. The predicted molar refractivity (Wildman–Crippen MR) is 83.8 cm³/mol. The van der Waals surface area contributed by atoms with Crippen molar-refractivity contribution in [3.63, 3.8) is 0 Å². The third kappa shape index (κ3) is 2.73. The molecule has 0 saturated heterocycles. The van der Waals surface area contributed by atoms with Crippen LogP contribution in [-0.4, -0.2) is 15.6 Å². The number of carbonyl (C=O) groups is 1. The summed E-state index contributed by atoms with van der Waals surface area (Å²) in [5, 5.41) is 12.8. The first-order valence-corrected chi connectivity index (χ1v) is 7.42. The normalized spacial score (nSPS) is 10.9. The van der Waals surface area contributed by atoms with Crippen molar-refractivity contribution in [2.24, 2.45) is 0 Å². The van der Waals surface area contributed by atoms with Gasteiger partial charge in [-0.2, -0.15) is 0 Å². The number of rotatable bonds is 4. The summed E-state index contributed by atoms with van der Waals surface area (Å²) in [6.07, 6.45) is -0.0583. The van der Waals surface area contributed by atoms with Crippen molar-refractivity contribution in [3.8, 4) is 11.3 Å². The zero-order valence-electron chi connectivity index (χ0n) is 11.2. The summed E-state index contributed by atoms with van der Waals surface area (Å²) in [7, 11) is 0. The molecule has 0 radical (unpaired) electrons. The van der Waals surface area contributed by atoms with Gasteiger partial charge in [-0.15, -0.1) is 0 Å². The number of aliphatic carboxylic acids is 1. The molecule has 21 heavy (non-hydrogen) atoms. The number of hydrogen-bond acceptors (Lipinski definition) is 3. The van der Waals surface area contributed by atoms with E-state index in [0.717, 1.165) is 33.4 Å². The molecule has 0 unspecified atom stereocenters. The van der Waals surface area contributed by atoms with E-state index >= 15 is 0 Å². The van der Waals surface area contributed by atoms with Crippen LogP contribution >= 0.6 is 11.3 Å². The Hall–Kier alpha value is -2.40. The van der Waals surface area contributed by atoms with Gasteiger partial charge < -0.3 is 5.11 Å². The first-order chi connectivity index (χ1) is 10.1. The second kappa shape index (κ2) is 5.54. The number of carboxylic acids is 1. The standard InChI is InChI=1S/C16H13NO3S/c18-15(19)7-8-17-14(10-21-16(17)20)13-6-5-11-3-1-2-4-12(11)9-13/h1-6,9-10H,7-8H2,(H,18,19). The number of benzene rings is 2. The number of aromatic nitrogens is 1. The lowest BCUT2D eigenvalue weighted by atomic mass is 10.1. The highest BCUT2D eigenvalue weighted by Crippen LogP contribution is 2.25. The summed E-state index contributed by atoms with van der Waals surface area (Å²) in [5.74, 6) is -0.905. The van der Waals surface area contributed by atoms with Gasteiger partial charge in [0.25, 0.3) is 0 Å². The molecule has 5 heteroatoms. The maximum Gasteiger partial charge on any atom is 0.307 e. The van der Waals surface area contributed by atoms with Crippen LogP contribution in [0.3, 0.4) is 0 Å². The monoisotopic (exact) mass is 299 g/mol. The Labute approximate surface area is 124 Å². The van der Waals surface area contributed by atoms with Crippen molar-refractivity contribution in [2.75, 3.05) is 0 Å². The average molecular weight is 299 g/mol. The first kappa shape index (κ1) is 13.6. The van der Waals surface area contributed by atoms with Crippen LogP contribution in [0.15, 0.2) is 52.6 Å². The van der Waals surface area contributed by atoms with Gasteiger partial charge in [-0.05, 0) is 22.4 Å². The zero-order chi connectivity index (χ0) is 14.8. The van der Waals surface area contributed by atoms with Gasteiger partial charge in [0.05, 0.1) is 12.1 Å². The van der Waals surface area contributed by atoms with Gasteiger partial charge in [0.2, 0.25) is 0 Å². The quantitative estimate of drug-likeness (QED) is 0.804. The number of hydrogen-bond donors (Lipinski definition) is 1. The lowest BCUT2D eigenvalue weighted by Gasteiger charge is -2.07. The Bertz CT molecular complexity index is 863. The fourth-order valence-corrected chi connectivity index (χ4v) is 3.12. The molecular weight excluding hydrogens is 286 g/mol. The molecule has 1 heterocycles. The molecule has 0 bridgehead atoms. The van der Waals surface area contributed by atoms with Gasteiger partial charge in [0.1, 0.15) is 0 Å². The lowest BCUT2D eigenvalue weighted by molar-refractivity contribution is -0.137. The topological polar surface area (TPSA) is 59.3 Å². The molecule has 0 atom stereocenters. The second-order valence-corrected chi connectivity index (χ2v) is 5.56. The van der Waals surface area contributed by atoms with E-state index in [1.165, 1.54) is 4.57 Å². The highest BCUT2D eigenvalue weighted by Gasteiger charge is 2.10. The minimum Gasteiger partial charge on any atom is -0.481 e. The summed E-state index contributed by atoms with van der Waals surface area (Å²) in [6.45, 7) is 0.194. The Kier molecular flexibility index (Phi) is 3.58. The van der Waals surface area contributed by atoms with Crippen LogP contribution in [0.4, 0.5) is 0 Å². The van der Waals surface area contributed by atoms with Crippen molar-refractivity contribution in [1.29, 1.82) is 0 Å². The van der Waals surface area contributed by atoms with Crippen LogP contribution in [0.25, 0.3) is 22.0 Å². The summed E-state index contributed by atoms with van der Waals surface area (Å²) in [5.41, 5.74) is 1.70. The van der Waals surface area contributed by atoms with E-state index in [9.17, 15) is 9.59 Å². The van der Waals surface area contributed by atoms with E-state index < -0.39 is 5.97 Å². The smallest absolute Gasteiger partial charge is 0.307 e. The molecule has 0 aliphatic heterocycles. The van der Waals surface area contributed by atoms with E-state index in [0.29, 0.717) is 0 Å². The van der Waals surface area contributed by atoms with Crippen molar-refractivity contribution in [3.05, 3.63) is 57.5 Å². The van der Waals surface area contributed by atoms with E-state index in [1.54, 1.807) is 5.38 Å².